The molecule has 27 heavy (non-hydrogen) atoms. The van der Waals surface area contributed by atoms with E-state index in [0.29, 0.717) is 17.7 Å². The molecule has 0 aliphatic rings. The maximum Gasteiger partial charge on any atom is 0.338 e. The second-order valence-electron chi connectivity index (χ2n) is 5.92. The molecule has 0 saturated heterocycles. The summed E-state index contributed by atoms with van der Waals surface area (Å²) in [6.45, 7) is 2.05. The number of methoxy groups -OCH3 is 1. The summed E-state index contributed by atoms with van der Waals surface area (Å²) in [6.07, 6.45) is 1.64. The van der Waals surface area contributed by atoms with E-state index in [2.05, 4.69) is 0 Å². The van der Waals surface area contributed by atoms with Crippen LogP contribution in [0, 0.1) is 0 Å². The van der Waals surface area contributed by atoms with Gasteiger partial charge in [-0.3, -0.25) is 0 Å². The summed E-state index contributed by atoms with van der Waals surface area (Å²) in [7, 11) is 1.31. The highest BCUT2D eigenvalue weighted by molar-refractivity contribution is 6.13. The zero-order chi connectivity index (χ0) is 19.6. The molecule has 5 nitrogen and oxygen atoms in total. The molecule has 0 amide bonds. The summed E-state index contributed by atoms with van der Waals surface area (Å²) in [5, 5.41) is 0. The van der Waals surface area contributed by atoms with E-state index in [9.17, 15) is 9.59 Å². The SMILES string of the molecule is COC(=O)/C(C)=C/[C@H](COC(=O)c1ccccc1)N(Cl)Cc1ccccc1. The van der Waals surface area contributed by atoms with Crippen LogP contribution in [-0.2, 0) is 20.8 Å². The number of nitrogens with zero attached hydrogens (tertiary/aromatic N) is 1. The molecule has 0 radical (unpaired) electrons. The second kappa shape index (κ2) is 10.5. The van der Waals surface area contributed by atoms with Gasteiger partial charge in [-0.1, -0.05) is 54.6 Å². The smallest absolute Gasteiger partial charge is 0.338 e. The van der Waals surface area contributed by atoms with Crippen LogP contribution in [0.2, 0.25) is 0 Å². The first-order valence-electron chi connectivity index (χ1n) is 8.46. The van der Waals surface area contributed by atoms with Gasteiger partial charge in [0.05, 0.1) is 18.7 Å². The minimum absolute atomic E-state index is 0.00159. The lowest BCUT2D eigenvalue weighted by molar-refractivity contribution is -0.136. The summed E-state index contributed by atoms with van der Waals surface area (Å²) < 4.78 is 11.6. The van der Waals surface area contributed by atoms with Crippen LogP contribution in [0.3, 0.4) is 0 Å². The average Bonchev–Trinajstić information content (AvgIpc) is 2.71. The number of carbonyl (C=O) groups is 2. The number of rotatable bonds is 8. The van der Waals surface area contributed by atoms with Crippen molar-refractivity contribution in [2.24, 2.45) is 0 Å². The Balaban J connectivity index is 2.11. The molecule has 1 atom stereocenters. The van der Waals surface area contributed by atoms with Crippen LogP contribution in [-0.4, -0.2) is 36.1 Å². The van der Waals surface area contributed by atoms with Gasteiger partial charge in [0.25, 0.3) is 0 Å². The molecule has 0 fully saturated rings. The fourth-order valence-corrected chi connectivity index (χ4v) is 2.67. The van der Waals surface area contributed by atoms with Gasteiger partial charge >= 0.3 is 11.9 Å². The van der Waals surface area contributed by atoms with Gasteiger partial charge in [0, 0.05) is 12.1 Å². The summed E-state index contributed by atoms with van der Waals surface area (Å²) in [5.74, 6) is -0.909. The number of halogens is 1. The summed E-state index contributed by atoms with van der Waals surface area (Å²) >= 11 is 6.45. The van der Waals surface area contributed by atoms with E-state index in [4.69, 9.17) is 21.3 Å². The quantitative estimate of drug-likeness (QED) is 0.389. The lowest BCUT2D eigenvalue weighted by atomic mass is 10.1. The van der Waals surface area contributed by atoms with E-state index in [1.165, 1.54) is 11.5 Å². The van der Waals surface area contributed by atoms with Crippen LogP contribution in [0.4, 0.5) is 0 Å². The van der Waals surface area contributed by atoms with Crippen molar-refractivity contribution in [2.45, 2.75) is 19.5 Å². The van der Waals surface area contributed by atoms with Crippen LogP contribution in [0.1, 0.15) is 22.8 Å². The van der Waals surface area contributed by atoms with Gasteiger partial charge in [0.15, 0.2) is 0 Å². The van der Waals surface area contributed by atoms with Crippen molar-refractivity contribution in [3.8, 4) is 0 Å². The van der Waals surface area contributed by atoms with Crippen LogP contribution in [0.15, 0.2) is 72.3 Å². The van der Waals surface area contributed by atoms with Crippen LogP contribution in [0.25, 0.3) is 0 Å². The molecular formula is C21H22ClNO4. The van der Waals surface area contributed by atoms with E-state index in [1.54, 1.807) is 37.3 Å². The third-order valence-electron chi connectivity index (χ3n) is 3.88. The fraction of sp³-hybridized carbons (Fsp3) is 0.238. The van der Waals surface area contributed by atoms with Crippen molar-refractivity contribution in [1.29, 1.82) is 0 Å². The van der Waals surface area contributed by atoms with Crippen LogP contribution in [0.5, 0.6) is 0 Å². The molecule has 142 valence electrons. The molecule has 0 bridgehead atoms. The first-order valence-corrected chi connectivity index (χ1v) is 8.80. The lowest BCUT2D eigenvalue weighted by Gasteiger charge is -2.23. The molecule has 0 saturated carbocycles. The molecule has 0 aromatic heterocycles. The minimum atomic E-state index is -0.501. The third kappa shape index (κ3) is 6.55. The maximum absolute atomic E-state index is 12.2. The molecule has 0 aliphatic carbocycles. The Hall–Kier alpha value is -2.63. The fourth-order valence-electron chi connectivity index (χ4n) is 2.42. The zero-order valence-corrected chi connectivity index (χ0v) is 16.1. The predicted octanol–water partition coefficient (Wildman–Crippen LogP) is 3.99. The topological polar surface area (TPSA) is 55.8 Å². The monoisotopic (exact) mass is 387 g/mol. The summed E-state index contributed by atoms with van der Waals surface area (Å²) in [5.41, 5.74) is 1.84. The Morgan fingerprint density at radius 1 is 1.07 bits per heavy atom. The Bertz CT molecular complexity index is 777. The zero-order valence-electron chi connectivity index (χ0n) is 15.3. The number of esters is 2. The van der Waals surface area contributed by atoms with Crippen molar-refractivity contribution in [3.05, 3.63) is 83.4 Å². The first-order chi connectivity index (χ1) is 13.0. The summed E-state index contributed by atoms with van der Waals surface area (Å²) in [6, 6.07) is 17.8. The van der Waals surface area contributed by atoms with Crippen molar-refractivity contribution in [1.82, 2.24) is 4.42 Å². The Kier molecular flexibility index (Phi) is 8.04. The molecule has 2 rings (SSSR count). The van der Waals surface area contributed by atoms with E-state index >= 15 is 0 Å². The van der Waals surface area contributed by atoms with E-state index < -0.39 is 18.0 Å². The largest absolute Gasteiger partial charge is 0.466 e. The number of hydrogen-bond donors (Lipinski definition) is 0. The minimum Gasteiger partial charge on any atom is -0.466 e. The van der Waals surface area contributed by atoms with Crippen molar-refractivity contribution >= 4 is 23.7 Å². The highest BCUT2D eigenvalue weighted by Crippen LogP contribution is 2.15. The van der Waals surface area contributed by atoms with Gasteiger partial charge < -0.3 is 9.47 Å². The number of benzene rings is 2. The normalized spacial score (nSPS) is 12.5. The van der Waals surface area contributed by atoms with Gasteiger partial charge in [-0.2, -0.15) is 0 Å². The van der Waals surface area contributed by atoms with Gasteiger partial charge in [0.2, 0.25) is 0 Å². The standard InChI is InChI=1S/C21H22ClNO4/c1-16(20(24)26-2)13-19(23(22)14-17-9-5-3-6-10-17)15-27-21(25)18-11-7-4-8-12-18/h3-13,19H,14-15H2,1-2H3/b16-13+/t19-/m1/s1. The van der Waals surface area contributed by atoms with Crippen molar-refractivity contribution in [3.63, 3.8) is 0 Å². The van der Waals surface area contributed by atoms with Crippen LogP contribution < -0.4 is 0 Å². The molecule has 0 N–H and O–H groups in total. The Morgan fingerprint density at radius 2 is 1.67 bits per heavy atom. The van der Waals surface area contributed by atoms with Crippen molar-refractivity contribution in [2.75, 3.05) is 13.7 Å². The van der Waals surface area contributed by atoms with Gasteiger partial charge in [-0.15, -0.1) is 0 Å². The molecule has 6 heteroatoms. The maximum atomic E-state index is 12.2. The first kappa shape index (κ1) is 20.7. The molecular weight excluding hydrogens is 366 g/mol. The van der Waals surface area contributed by atoms with Gasteiger partial charge in [0.1, 0.15) is 6.61 Å². The van der Waals surface area contributed by atoms with Gasteiger partial charge in [-0.05, 0) is 36.4 Å². The molecule has 0 heterocycles. The van der Waals surface area contributed by atoms with Gasteiger partial charge in [-0.25, -0.2) is 14.0 Å². The highest BCUT2D eigenvalue weighted by Gasteiger charge is 2.20. The number of carbonyl (C=O) groups excluding carboxylic acids is 2. The van der Waals surface area contributed by atoms with Crippen molar-refractivity contribution < 1.29 is 19.1 Å². The summed E-state index contributed by atoms with van der Waals surface area (Å²) in [4.78, 5) is 23.9. The highest BCUT2D eigenvalue weighted by atomic mass is 35.5. The van der Waals surface area contributed by atoms with E-state index in [0.717, 1.165) is 5.56 Å². The average molecular weight is 388 g/mol. The molecule has 0 spiro atoms. The third-order valence-corrected chi connectivity index (χ3v) is 4.25. The second-order valence-corrected chi connectivity index (χ2v) is 6.35. The molecule has 2 aromatic rings. The van der Waals surface area contributed by atoms with E-state index in [1.807, 2.05) is 36.4 Å². The predicted molar refractivity (Wildman–Crippen MR) is 104 cm³/mol. The van der Waals surface area contributed by atoms with Crippen LogP contribution >= 0.6 is 11.8 Å². The molecule has 0 unspecified atom stereocenters. The Morgan fingerprint density at radius 3 is 2.26 bits per heavy atom. The lowest BCUT2D eigenvalue weighted by Crippen LogP contribution is -2.31. The number of ether oxygens (including phenoxy) is 2. The number of hydrogen-bond acceptors (Lipinski definition) is 5. The molecule has 2 aromatic carbocycles. The molecule has 0 aliphatic heterocycles. The van der Waals surface area contributed by atoms with E-state index in [-0.39, 0.29) is 6.61 Å². The Labute approximate surface area is 164 Å².